The largest absolute Gasteiger partial charge is 0.354 e. The Bertz CT molecular complexity index is 870. The van der Waals surface area contributed by atoms with Crippen LogP contribution in [0.5, 0.6) is 0 Å². The van der Waals surface area contributed by atoms with E-state index >= 15 is 0 Å². The lowest BCUT2D eigenvalue weighted by molar-refractivity contribution is 0.102. The first-order valence-electron chi connectivity index (χ1n) is 8.39. The number of hydrogen-bond donors (Lipinski definition) is 2. The second kappa shape index (κ2) is 8.97. The molecule has 0 fully saturated rings. The van der Waals surface area contributed by atoms with Gasteiger partial charge in [-0.1, -0.05) is 54.1 Å². The second-order valence-corrected chi connectivity index (χ2v) is 6.12. The molecule has 2 N–H and O–H groups in total. The first-order chi connectivity index (χ1) is 12.7. The third-order valence-corrected chi connectivity index (χ3v) is 4.11. The van der Waals surface area contributed by atoms with Gasteiger partial charge in [-0.05, 0) is 36.6 Å². The molecular formula is C20H19ClN4O. The molecule has 0 aliphatic rings. The molecular weight excluding hydrogens is 348 g/mol. The molecule has 0 saturated heterocycles. The molecule has 0 bridgehead atoms. The summed E-state index contributed by atoms with van der Waals surface area (Å²) in [6.45, 7) is 0.727. The van der Waals surface area contributed by atoms with Crippen LogP contribution in [0.3, 0.4) is 0 Å². The standard InChI is InChI=1S/C20H19ClN4O/c21-16-10-4-5-11-17(16)24-19(26)18-12-14-23-20(25-18)22-13-6-9-15-7-2-1-3-8-15/h1-5,7-8,10-12,14H,6,9,13H2,(H,24,26)(H,22,23,25). The zero-order chi connectivity index (χ0) is 18.2. The van der Waals surface area contributed by atoms with Gasteiger partial charge in [-0.15, -0.1) is 0 Å². The number of aromatic nitrogens is 2. The number of anilines is 2. The van der Waals surface area contributed by atoms with Crippen LogP contribution in [0.15, 0.2) is 66.9 Å². The number of carbonyl (C=O) groups is 1. The van der Waals surface area contributed by atoms with Crippen molar-refractivity contribution in [2.45, 2.75) is 12.8 Å². The molecule has 6 heteroatoms. The average molecular weight is 367 g/mol. The van der Waals surface area contributed by atoms with Gasteiger partial charge in [0.1, 0.15) is 5.69 Å². The number of nitrogens with zero attached hydrogens (tertiary/aromatic N) is 2. The van der Waals surface area contributed by atoms with Gasteiger partial charge in [0.05, 0.1) is 10.7 Å². The maximum Gasteiger partial charge on any atom is 0.274 e. The molecule has 2 aromatic carbocycles. The predicted octanol–water partition coefficient (Wildman–Crippen LogP) is 4.43. The van der Waals surface area contributed by atoms with Crippen molar-refractivity contribution in [3.05, 3.63) is 83.1 Å². The number of aryl methyl sites for hydroxylation is 1. The Labute approximate surface area is 157 Å². The van der Waals surface area contributed by atoms with Crippen LogP contribution in [0, 0.1) is 0 Å². The Hall–Kier alpha value is -2.92. The fourth-order valence-corrected chi connectivity index (χ4v) is 2.64. The second-order valence-electron chi connectivity index (χ2n) is 5.72. The highest BCUT2D eigenvalue weighted by molar-refractivity contribution is 6.33. The Balaban J connectivity index is 1.54. The van der Waals surface area contributed by atoms with Crippen molar-refractivity contribution in [1.82, 2.24) is 9.97 Å². The van der Waals surface area contributed by atoms with Gasteiger partial charge in [-0.3, -0.25) is 4.79 Å². The summed E-state index contributed by atoms with van der Waals surface area (Å²) in [4.78, 5) is 20.8. The van der Waals surface area contributed by atoms with Gasteiger partial charge in [-0.2, -0.15) is 0 Å². The van der Waals surface area contributed by atoms with Crippen molar-refractivity contribution >= 4 is 29.1 Å². The minimum Gasteiger partial charge on any atom is -0.354 e. The van der Waals surface area contributed by atoms with Gasteiger partial charge in [0, 0.05) is 12.7 Å². The number of benzene rings is 2. The summed E-state index contributed by atoms with van der Waals surface area (Å²) in [7, 11) is 0. The lowest BCUT2D eigenvalue weighted by Crippen LogP contribution is -2.16. The fraction of sp³-hybridized carbons (Fsp3) is 0.150. The van der Waals surface area contributed by atoms with E-state index in [0.717, 1.165) is 19.4 Å². The van der Waals surface area contributed by atoms with Crippen LogP contribution in [0.2, 0.25) is 5.02 Å². The Morgan fingerprint density at radius 3 is 2.58 bits per heavy atom. The Morgan fingerprint density at radius 2 is 1.77 bits per heavy atom. The summed E-state index contributed by atoms with van der Waals surface area (Å²) >= 11 is 6.06. The van der Waals surface area contributed by atoms with Crippen molar-refractivity contribution in [2.75, 3.05) is 17.2 Å². The smallest absolute Gasteiger partial charge is 0.274 e. The molecule has 0 unspecified atom stereocenters. The topological polar surface area (TPSA) is 66.9 Å². The van der Waals surface area contributed by atoms with Crippen molar-refractivity contribution < 1.29 is 4.79 Å². The predicted molar refractivity (Wildman–Crippen MR) is 105 cm³/mol. The van der Waals surface area contributed by atoms with E-state index in [0.29, 0.717) is 16.7 Å². The number of rotatable bonds is 7. The molecule has 26 heavy (non-hydrogen) atoms. The van der Waals surface area contributed by atoms with Crippen LogP contribution >= 0.6 is 11.6 Å². The van der Waals surface area contributed by atoms with Crippen molar-refractivity contribution in [3.8, 4) is 0 Å². The molecule has 0 aliphatic carbocycles. The zero-order valence-electron chi connectivity index (χ0n) is 14.2. The van der Waals surface area contributed by atoms with Crippen LogP contribution in [0.4, 0.5) is 11.6 Å². The summed E-state index contributed by atoms with van der Waals surface area (Å²) in [6.07, 6.45) is 3.48. The molecule has 0 aliphatic heterocycles. The SMILES string of the molecule is O=C(Nc1ccccc1Cl)c1ccnc(NCCCc2ccccc2)n1. The van der Waals surface area contributed by atoms with E-state index in [-0.39, 0.29) is 11.6 Å². The molecule has 0 saturated carbocycles. The lowest BCUT2D eigenvalue weighted by atomic mass is 10.1. The van der Waals surface area contributed by atoms with Crippen molar-refractivity contribution in [3.63, 3.8) is 0 Å². The van der Waals surface area contributed by atoms with Crippen LogP contribution in [0.1, 0.15) is 22.5 Å². The third kappa shape index (κ3) is 5.04. The van der Waals surface area contributed by atoms with Crippen LogP contribution in [0.25, 0.3) is 0 Å². The highest BCUT2D eigenvalue weighted by Crippen LogP contribution is 2.21. The molecule has 5 nitrogen and oxygen atoms in total. The highest BCUT2D eigenvalue weighted by atomic mass is 35.5. The molecule has 1 amide bonds. The number of hydrogen-bond acceptors (Lipinski definition) is 4. The first kappa shape index (κ1) is 17.9. The van der Waals surface area contributed by atoms with Crippen molar-refractivity contribution in [2.24, 2.45) is 0 Å². The molecule has 0 atom stereocenters. The number of nitrogens with one attached hydrogen (secondary N) is 2. The summed E-state index contributed by atoms with van der Waals surface area (Å²) in [6, 6.07) is 18.9. The first-order valence-corrected chi connectivity index (χ1v) is 8.77. The fourth-order valence-electron chi connectivity index (χ4n) is 2.46. The Kier molecular flexibility index (Phi) is 6.17. The summed E-state index contributed by atoms with van der Waals surface area (Å²) in [5.74, 6) is 0.109. The van der Waals surface area contributed by atoms with E-state index in [4.69, 9.17) is 11.6 Å². The van der Waals surface area contributed by atoms with E-state index < -0.39 is 0 Å². The molecule has 1 aromatic heterocycles. The number of para-hydroxylation sites is 1. The number of carbonyl (C=O) groups excluding carboxylic acids is 1. The summed E-state index contributed by atoms with van der Waals surface area (Å²) in [5.41, 5.74) is 2.13. The van der Waals surface area contributed by atoms with Crippen molar-refractivity contribution in [1.29, 1.82) is 0 Å². The summed E-state index contributed by atoms with van der Waals surface area (Å²) < 4.78 is 0. The van der Waals surface area contributed by atoms with E-state index in [1.165, 1.54) is 5.56 Å². The average Bonchev–Trinajstić information content (AvgIpc) is 2.68. The Morgan fingerprint density at radius 1 is 1.00 bits per heavy atom. The van der Waals surface area contributed by atoms with Gasteiger partial charge in [-0.25, -0.2) is 9.97 Å². The third-order valence-electron chi connectivity index (χ3n) is 3.78. The monoisotopic (exact) mass is 366 g/mol. The molecule has 0 spiro atoms. The van der Waals surface area contributed by atoms with Crippen LogP contribution in [-0.4, -0.2) is 22.4 Å². The van der Waals surface area contributed by atoms with E-state index in [2.05, 4.69) is 32.7 Å². The van der Waals surface area contributed by atoms with Gasteiger partial charge in [0.15, 0.2) is 0 Å². The van der Waals surface area contributed by atoms with E-state index in [1.807, 2.05) is 18.2 Å². The number of amides is 1. The molecule has 3 aromatic rings. The van der Waals surface area contributed by atoms with Crippen LogP contribution in [-0.2, 0) is 6.42 Å². The van der Waals surface area contributed by atoms with E-state index in [1.54, 1.807) is 36.5 Å². The maximum absolute atomic E-state index is 12.3. The van der Waals surface area contributed by atoms with Gasteiger partial charge in [0.2, 0.25) is 5.95 Å². The highest BCUT2D eigenvalue weighted by Gasteiger charge is 2.10. The van der Waals surface area contributed by atoms with Gasteiger partial charge >= 0.3 is 0 Å². The van der Waals surface area contributed by atoms with Gasteiger partial charge in [0.25, 0.3) is 5.91 Å². The van der Waals surface area contributed by atoms with Crippen LogP contribution < -0.4 is 10.6 Å². The molecule has 1 heterocycles. The summed E-state index contributed by atoms with van der Waals surface area (Å²) in [5, 5.41) is 6.39. The minimum absolute atomic E-state index is 0.283. The molecule has 3 rings (SSSR count). The normalized spacial score (nSPS) is 10.3. The minimum atomic E-state index is -0.326. The lowest BCUT2D eigenvalue weighted by Gasteiger charge is -2.08. The zero-order valence-corrected chi connectivity index (χ0v) is 14.9. The molecule has 132 valence electrons. The number of halogens is 1. The maximum atomic E-state index is 12.3. The van der Waals surface area contributed by atoms with E-state index in [9.17, 15) is 4.79 Å². The molecule has 0 radical (unpaired) electrons. The van der Waals surface area contributed by atoms with Gasteiger partial charge < -0.3 is 10.6 Å². The quantitative estimate of drug-likeness (QED) is 0.607.